The molecule has 0 unspecified atom stereocenters. The molecule has 2 rings (SSSR count). The highest BCUT2D eigenvalue weighted by Crippen LogP contribution is 2.27. The molecule has 0 spiro atoms. The highest BCUT2D eigenvalue weighted by atomic mass is 16.4. The molecule has 0 saturated heterocycles. The minimum Gasteiger partial charge on any atom is -0.481 e. The van der Waals surface area contributed by atoms with Crippen molar-refractivity contribution in [1.82, 2.24) is 0 Å². The number of aliphatic carboxylic acids is 1. The Bertz CT molecular complexity index is 549. The van der Waals surface area contributed by atoms with Crippen molar-refractivity contribution in [2.75, 3.05) is 24.3 Å². The Labute approximate surface area is 124 Å². The van der Waals surface area contributed by atoms with Crippen LogP contribution in [0.4, 0.5) is 11.4 Å². The number of carbonyl (C=O) groups is 2. The van der Waals surface area contributed by atoms with E-state index in [0.717, 1.165) is 5.69 Å². The Morgan fingerprint density at radius 1 is 1.10 bits per heavy atom. The average Bonchev–Trinajstić information content (AvgIpc) is 2.47. The second-order valence-electron chi connectivity index (χ2n) is 5.42. The maximum absolute atomic E-state index is 12.3. The maximum Gasteiger partial charge on any atom is 0.307 e. The van der Waals surface area contributed by atoms with Gasteiger partial charge < -0.3 is 15.3 Å². The Morgan fingerprint density at radius 3 is 2.19 bits per heavy atom. The normalized spacial score (nSPS) is 20.9. The lowest BCUT2D eigenvalue weighted by atomic mass is 9.82. The van der Waals surface area contributed by atoms with Crippen molar-refractivity contribution in [3.63, 3.8) is 0 Å². The fourth-order valence-corrected chi connectivity index (χ4v) is 2.45. The number of carboxylic acids is 1. The van der Waals surface area contributed by atoms with E-state index >= 15 is 0 Å². The van der Waals surface area contributed by atoms with Gasteiger partial charge in [0.25, 0.3) is 0 Å². The van der Waals surface area contributed by atoms with Crippen LogP contribution in [-0.2, 0) is 9.59 Å². The van der Waals surface area contributed by atoms with Crippen LogP contribution in [0.25, 0.3) is 0 Å². The van der Waals surface area contributed by atoms with Crippen LogP contribution in [0.1, 0.15) is 12.8 Å². The molecule has 0 saturated carbocycles. The summed E-state index contributed by atoms with van der Waals surface area (Å²) < 4.78 is 0. The fraction of sp³-hybridized carbons (Fsp3) is 0.375. The van der Waals surface area contributed by atoms with Crippen LogP contribution in [0.2, 0.25) is 0 Å². The third-order valence-corrected chi connectivity index (χ3v) is 3.74. The van der Waals surface area contributed by atoms with Crippen LogP contribution in [-0.4, -0.2) is 31.1 Å². The van der Waals surface area contributed by atoms with Crippen molar-refractivity contribution in [2.24, 2.45) is 11.8 Å². The zero-order valence-electron chi connectivity index (χ0n) is 12.2. The molecule has 0 fully saturated rings. The zero-order chi connectivity index (χ0) is 15.4. The van der Waals surface area contributed by atoms with E-state index in [2.05, 4.69) is 5.32 Å². The van der Waals surface area contributed by atoms with Gasteiger partial charge in [0.05, 0.1) is 11.8 Å². The van der Waals surface area contributed by atoms with Crippen molar-refractivity contribution >= 4 is 23.3 Å². The number of hydrogen-bond acceptors (Lipinski definition) is 3. The van der Waals surface area contributed by atoms with Gasteiger partial charge in [0.1, 0.15) is 0 Å². The number of nitrogens with zero attached hydrogens (tertiary/aromatic N) is 1. The first-order valence-electron chi connectivity index (χ1n) is 6.95. The molecule has 0 aromatic heterocycles. The Morgan fingerprint density at radius 2 is 1.67 bits per heavy atom. The SMILES string of the molecule is CN(C)c1ccc(NC(=O)[C@@H]2CC=CC[C@@H]2C(=O)O)cc1. The van der Waals surface area contributed by atoms with Gasteiger partial charge in [-0.3, -0.25) is 9.59 Å². The topological polar surface area (TPSA) is 69.6 Å². The number of benzene rings is 1. The fourth-order valence-electron chi connectivity index (χ4n) is 2.45. The van der Waals surface area contributed by atoms with Gasteiger partial charge in [-0.15, -0.1) is 0 Å². The van der Waals surface area contributed by atoms with Crippen molar-refractivity contribution in [3.05, 3.63) is 36.4 Å². The largest absolute Gasteiger partial charge is 0.481 e. The van der Waals surface area contributed by atoms with Gasteiger partial charge in [-0.25, -0.2) is 0 Å². The first kappa shape index (κ1) is 15.1. The molecular weight excluding hydrogens is 268 g/mol. The molecule has 0 bridgehead atoms. The molecule has 1 aliphatic rings. The average molecular weight is 288 g/mol. The van der Waals surface area contributed by atoms with Crippen LogP contribution in [0.5, 0.6) is 0 Å². The number of nitrogens with one attached hydrogen (secondary N) is 1. The highest BCUT2D eigenvalue weighted by molar-refractivity contribution is 5.95. The lowest BCUT2D eigenvalue weighted by molar-refractivity contribution is -0.146. The summed E-state index contributed by atoms with van der Waals surface area (Å²) in [6, 6.07) is 7.46. The Hall–Kier alpha value is -2.30. The number of carboxylic acid groups (broad SMARTS) is 1. The summed E-state index contributed by atoms with van der Waals surface area (Å²) in [4.78, 5) is 25.5. The van der Waals surface area contributed by atoms with Crippen molar-refractivity contribution in [3.8, 4) is 0 Å². The van der Waals surface area contributed by atoms with E-state index in [4.69, 9.17) is 0 Å². The van der Waals surface area contributed by atoms with E-state index in [9.17, 15) is 14.7 Å². The molecule has 1 aromatic carbocycles. The summed E-state index contributed by atoms with van der Waals surface area (Å²) in [5.41, 5.74) is 1.72. The lowest BCUT2D eigenvalue weighted by Crippen LogP contribution is -2.34. The molecule has 1 aromatic rings. The van der Waals surface area contributed by atoms with Crippen LogP contribution < -0.4 is 10.2 Å². The first-order chi connectivity index (χ1) is 9.99. The summed E-state index contributed by atoms with van der Waals surface area (Å²) >= 11 is 0. The smallest absolute Gasteiger partial charge is 0.307 e. The van der Waals surface area contributed by atoms with E-state index in [-0.39, 0.29) is 5.91 Å². The van der Waals surface area contributed by atoms with Gasteiger partial charge >= 0.3 is 5.97 Å². The van der Waals surface area contributed by atoms with Crippen molar-refractivity contribution in [2.45, 2.75) is 12.8 Å². The predicted octanol–water partition coefficient (Wildman–Crippen LogP) is 2.36. The predicted molar refractivity (Wildman–Crippen MR) is 82.4 cm³/mol. The van der Waals surface area contributed by atoms with E-state index in [1.54, 1.807) is 0 Å². The van der Waals surface area contributed by atoms with Gasteiger partial charge in [-0.05, 0) is 37.1 Å². The molecule has 0 aliphatic heterocycles. The quantitative estimate of drug-likeness (QED) is 0.834. The first-order valence-corrected chi connectivity index (χ1v) is 6.95. The molecule has 0 radical (unpaired) electrons. The highest BCUT2D eigenvalue weighted by Gasteiger charge is 2.33. The van der Waals surface area contributed by atoms with E-state index < -0.39 is 17.8 Å². The molecule has 112 valence electrons. The Kier molecular flexibility index (Phi) is 4.62. The number of hydrogen-bond donors (Lipinski definition) is 2. The van der Waals surface area contributed by atoms with E-state index in [0.29, 0.717) is 18.5 Å². The monoisotopic (exact) mass is 288 g/mol. The summed E-state index contributed by atoms with van der Waals surface area (Å²) in [7, 11) is 3.89. The van der Waals surface area contributed by atoms with E-state index in [1.807, 2.05) is 55.4 Å². The van der Waals surface area contributed by atoms with Gasteiger partial charge in [-0.1, -0.05) is 12.2 Å². The Balaban J connectivity index is 2.06. The minimum absolute atomic E-state index is 0.232. The number of anilines is 2. The number of carbonyl (C=O) groups excluding carboxylic acids is 1. The second-order valence-corrected chi connectivity index (χ2v) is 5.42. The van der Waals surface area contributed by atoms with Gasteiger partial charge in [0.2, 0.25) is 5.91 Å². The van der Waals surface area contributed by atoms with Crippen LogP contribution in [0.3, 0.4) is 0 Å². The van der Waals surface area contributed by atoms with Gasteiger partial charge in [0.15, 0.2) is 0 Å². The van der Waals surface area contributed by atoms with Crippen molar-refractivity contribution in [1.29, 1.82) is 0 Å². The second kappa shape index (κ2) is 6.43. The maximum atomic E-state index is 12.3. The van der Waals surface area contributed by atoms with E-state index in [1.165, 1.54) is 0 Å². The summed E-state index contributed by atoms with van der Waals surface area (Å²) in [5, 5.41) is 12.0. The van der Waals surface area contributed by atoms with Gasteiger partial charge in [-0.2, -0.15) is 0 Å². The van der Waals surface area contributed by atoms with Crippen LogP contribution in [0.15, 0.2) is 36.4 Å². The minimum atomic E-state index is -0.914. The zero-order valence-corrected chi connectivity index (χ0v) is 12.2. The summed E-state index contributed by atoms with van der Waals surface area (Å²) in [6.07, 6.45) is 4.58. The van der Waals surface area contributed by atoms with Crippen molar-refractivity contribution < 1.29 is 14.7 Å². The molecule has 0 heterocycles. The number of amides is 1. The van der Waals surface area contributed by atoms with Gasteiger partial charge in [0, 0.05) is 25.5 Å². The third-order valence-electron chi connectivity index (χ3n) is 3.74. The summed E-state index contributed by atoms with van der Waals surface area (Å²) in [6.45, 7) is 0. The summed E-state index contributed by atoms with van der Waals surface area (Å²) in [5.74, 6) is -2.30. The molecule has 2 atom stereocenters. The molecule has 1 amide bonds. The molecule has 5 heteroatoms. The lowest BCUT2D eigenvalue weighted by Gasteiger charge is -2.24. The van der Waals surface area contributed by atoms with Crippen LogP contribution >= 0.6 is 0 Å². The molecular formula is C16H20N2O3. The molecule has 5 nitrogen and oxygen atoms in total. The number of allylic oxidation sites excluding steroid dienone is 2. The third kappa shape index (κ3) is 3.62. The molecule has 21 heavy (non-hydrogen) atoms. The number of rotatable bonds is 4. The standard InChI is InChI=1S/C16H20N2O3/c1-18(2)12-9-7-11(8-10-12)17-15(19)13-5-3-4-6-14(13)16(20)21/h3-4,7-10,13-14H,5-6H2,1-2H3,(H,17,19)(H,20,21)/t13-,14+/m1/s1. The van der Waals surface area contributed by atoms with Crippen LogP contribution in [0, 0.1) is 11.8 Å². The molecule has 2 N–H and O–H groups in total. The molecule has 1 aliphatic carbocycles.